The lowest BCUT2D eigenvalue weighted by atomic mass is 9.88. The fourth-order valence-corrected chi connectivity index (χ4v) is 3.40. The van der Waals surface area contributed by atoms with Gasteiger partial charge in [0, 0.05) is 20.6 Å². The van der Waals surface area contributed by atoms with Gasteiger partial charge in [-0.1, -0.05) is 33.5 Å². The molecule has 0 saturated heterocycles. The first-order valence-electron chi connectivity index (χ1n) is 7.43. The summed E-state index contributed by atoms with van der Waals surface area (Å²) in [7, 11) is 0. The van der Waals surface area contributed by atoms with Gasteiger partial charge in [0.15, 0.2) is 11.4 Å². The summed E-state index contributed by atoms with van der Waals surface area (Å²) in [5.74, 6) is 1.45. The third-order valence-corrected chi connectivity index (χ3v) is 4.87. The number of benzene rings is 2. The molecule has 0 aromatic heterocycles. The van der Waals surface area contributed by atoms with Crippen LogP contribution < -0.4 is 4.90 Å². The fraction of sp³-hybridized carbons (Fsp3) is 0.158. The number of ketones is 1. The maximum Gasteiger partial charge on any atom is 0.265 e. The summed E-state index contributed by atoms with van der Waals surface area (Å²) in [5.41, 5.74) is -0.702. The first-order chi connectivity index (χ1) is 11.9. The lowest BCUT2D eigenvalue weighted by Crippen LogP contribution is -2.42. The van der Waals surface area contributed by atoms with Crippen molar-refractivity contribution < 1.29 is 14.7 Å². The highest BCUT2D eigenvalue weighted by molar-refractivity contribution is 9.10. The Kier molecular flexibility index (Phi) is 4.70. The van der Waals surface area contributed by atoms with Gasteiger partial charge in [0.2, 0.25) is 0 Å². The summed E-state index contributed by atoms with van der Waals surface area (Å²) < 4.78 is 0.693. The Bertz CT molecular complexity index is 904. The molecule has 2 aromatic carbocycles. The van der Waals surface area contributed by atoms with Gasteiger partial charge in [0.25, 0.3) is 5.91 Å². The Morgan fingerprint density at radius 2 is 1.96 bits per heavy atom. The van der Waals surface area contributed by atoms with Gasteiger partial charge in [-0.3, -0.25) is 14.5 Å². The van der Waals surface area contributed by atoms with Gasteiger partial charge in [0.05, 0.1) is 18.7 Å². The zero-order chi connectivity index (χ0) is 18.2. The van der Waals surface area contributed by atoms with E-state index in [1.807, 2.05) is 0 Å². The number of aliphatic hydroxyl groups is 1. The maximum absolute atomic E-state index is 12.8. The molecule has 0 aliphatic carbocycles. The zero-order valence-corrected chi connectivity index (χ0v) is 15.3. The molecule has 0 fully saturated rings. The van der Waals surface area contributed by atoms with Crippen molar-refractivity contribution in [1.29, 1.82) is 0 Å². The highest BCUT2D eigenvalue weighted by Gasteiger charge is 2.50. The van der Waals surface area contributed by atoms with Crippen molar-refractivity contribution in [1.82, 2.24) is 0 Å². The number of amides is 1. The van der Waals surface area contributed by atoms with Crippen molar-refractivity contribution >= 4 is 44.9 Å². The third-order valence-electron chi connectivity index (χ3n) is 4.13. The lowest BCUT2D eigenvalue weighted by molar-refractivity contribution is -0.135. The van der Waals surface area contributed by atoms with E-state index < -0.39 is 11.5 Å². The largest absolute Gasteiger partial charge is 0.375 e. The number of terminal acetylenes is 1. The van der Waals surface area contributed by atoms with Gasteiger partial charge in [-0.2, -0.15) is 0 Å². The summed E-state index contributed by atoms with van der Waals surface area (Å²) >= 11 is 9.16. The van der Waals surface area contributed by atoms with Crippen LogP contribution in [0.3, 0.4) is 0 Å². The highest BCUT2D eigenvalue weighted by atomic mass is 79.9. The minimum absolute atomic E-state index is 0.0188. The van der Waals surface area contributed by atoms with Crippen LogP contribution in [0.25, 0.3) is 0 Å². The topological polar surface area (TPSA) is 57.6 Å². The van der Waals surface area contributed by atoms with Crippen LogP contribution in [0.2, 0.25) is 5.02 Å². The number of halogens is 2. The van der Waals surface area contributed by atoms with Crippen LogP contribution in [0.15, 0.2) is 46.9 Å². The normalized spacial score (nSPS) is 18.8. The number of fused-ring (bicyclic) bond motifs is 1. The average Bonchev–Trinajstić information content (AvgIpc) is 2.77. The van der Waals surface area contributed by atoms with Crippen LogP contribution in [0, 0.1) is 12.3 Å². The quantitative estimate of drug-likeness (QED) is 0.610. The van der Waals surface area contributed by atoms with Crippen molar-refractivity contribution in [3.05, 3.63) is 63.1 Å². The van der Waals surface area contributed by atoms with E-state index in [2.05, 4.69) is 21.9 Å². The Morgan fingerprint density at radius 3 is 2.60 bits per heavy atom. The molecule has 1 amide bonds. The molecule has 6 heteroatoms. The van der Waals surface area contributed by atoms with E-state index in [-0.39, 0.29) is 18.7 Å². The molecule has 1 atom stereocenters. The van der Waals surface area contributed by atoms with Gasteiger partial charge in [-0.15, -0.1) is 6.42 Å². The molecule has 1 aliphatic heterocycles. The Hall–Kier alpha value is -2.13. The molecule has 2 aromatic rings. The van der Waals surface area contributed by atoms with Crippen LogP contribution in [-0.2, 0) is 10.4 Å². The van der Waals surface area contributed by atoms with Gasteiger partial charge in [0.1, 0.15) is 0 Å². The second-order valence-corrected chi connectivity index (χ2v) is 7.08. The molecule has 1 aliphatic rings. The molecule has 4 nitrogen and oxygen atoms in total. The molecule has 3 rings (SSSR count). The lowest BCUT2D eigenvalue weighted by Gasteiger charge is -2.22. The summed E-state index contributed by atoms with van der Waals surface area (Å²) in [5, 5.41) is 11.6. The van der Waals surface area contributed by atoms with Crippen LogP contribution in [0.1, 0.15) is 22.3 Å². The molecule has 1 heterocycles. The van der Waals surface area contributed by atoms with Crippen molar-refractivity contribution in [2.45, 2.75) is 12.0 Å². The Labute approximate surface area is 158 Å². The Balaban J connectivity index is 2.01. The smallest absolute Gasteiger partial charge is 0.265 e. The van der Waals surface area contributed by atoms with E-state index in [0.717, 1.165) is 0 Å². The van der Waals surface area contributed by atoms with Gasteiger partial charge in [-0.25, -0.2) is 0 Å². The first kappa shape index (κ1) is 17.7. The number of carbonyl (C=O) groups is 2. The van der Waals surface area contributed by atoms with E-state index in [1.165, 1.54) is 4.90 Å². The maximum atomic E-state index is 12.8. The van der Waals surface area contributed by atoms with Crippen LogP contribution in [0.5, 0.6) is 0 Å². The van der Waals surface area contributed by atoms with Gasteiger partial charge in [-0.05, 0) is 42.5 Å². The molecule has 126 valence electrons. The van der Waals surface area contributed by atoms with Crippen molar-refractivity contribution in [2.24, 2.45) is 0 Å². The molecule has 0 bridgehead atoms. The number of nitrogens with zero attached hydrogens (tertiary/aromatic N) is 1. The van der Waals surface area contributed by atoms with E-state index in [0.29, 0.717) is 26.3 Å². The molecule has 0 radical (unpaired) electrons. The van der Waals surface area contributed by atoms with E-state index in [4.69, 9.17) is 18.0 Å². The average molecular weight is 419 g/mol. The summed E-state index contributed by atoms with van der Waals surface area (Å²) in [4.78, 5) is 26.7. The molecule has 1 N–H and O–H groups in total. The molecular formula is C19H13BrClNO3. The number of carbonyl (C=O) groups excluding carboxylic acids is 2. The number of anilines is 1. The third kappa shape index (κ3) is 3.09. The van der Waals surface area contributed by atoms with E-state index in [9.17, 15) is 14.7 Å². The van der Waals surface area contributed by atoms with E-state index in [1.54, 1.807) is 42.5 Å². The fourth-order valence-electron chi connectivity index (χ4n) is 2.91. The molecular weight excluding hydrogens is 406 g/mol. The molecule has 25 heavy (non-hydrogen) atoms. The Morgan fingerprint density at radius 1 is 1.28 bits per heavy atom. The summed E-state index contributed by atoms with van der Waals surface area (Å²) in [6.45, 7) is 0.0188. The van der Waals surface area contributed by atoms with Crippen molar-refractivity contribution in [3.8, 4) is 12.3 Å². The van der Waals surface area contributed by atoms with Gasteiger partial charge < -0.3 is 5.11 Å². The summed E-state index contributed by atoms with van der Waals surface area (Å²) in [6, 6.07) is 11.4. The number of hydrogen-bond donors (Lipinski definition) is 1. The second kappa shape index (κ2) is 6.64. The van der Waals surface area contributed by atoms with Crippen LogP contribution in [0.4, 0.5) is 5.69 Å². The van der Waals surface area contributed by atoms with Crippen LogP contribution in [-0.4, -0.2) is 23.3 Å². The monoisotopic (exact) mass is 417 g/mol. The number of rotatable bonds is 4. The second-order valence-electron chi connectivity index (χ2n) is 5.72. The molecule has 0 spiro atoms. The molecule has 0 saturated carbocycles. The van der Waals surface area contributed by atoms with Crippen molar-refractivity contribution in [3.63, 3.8) is 0 Å². The SMILES string of the molecule is C#CCN1C(=O)[C@@](O)(CC(=O)c2ccc(Cl)cc2)c2cc(Br)ccc21. The minimum atomic E-state index is -1.95. The number of hydrogen-bond acceptors (Lipinski definition) is 3. The first-order valence-corrected chi connectivity index (χ1v) is 8.60. The van der Waals surface area contributed by atoms with Crippen molar-refractivity contribution in [2.75, 3.05) is 11.4 Å². The molecule has 0 unspecified atom stereocenters. The van der Waals surface area contributed by atoms with E-state index >= 15 is 0 Å². The van der Waals surface area contributed by atoms with Gasteiger partial charge >= 0.3 is 0 Å². The minimum Gasteiger partial charge on any atom is -0.375 e. The number of Topliss-reactive ketones (excluding diaryl/α,β-unsaturated/α-hetero) is 1. The predicted octanol–water partition coefficient (Wildman–Crippen LogP) is 3.54. The van der Waals surface area contributed by atoms with Crippen LogP contribution >= 0.6 is 27.5 Å². The zero-order valence-electron chi connectivity index (χ0n) is 13.0. The highest BCUT2D eigenvalue weighted by Crippen LogP contribution is 2.44. The standard InChI is InChI=1S/C19H13BrClNO3/c1-2-9-22-16-8-5-13(20)10-15(16)19(25,18(22)24)11-17(23)12-3-6-14(21)7-4-12/h1,3-8,10,25H,9,11H2/t19-/m1/s1. The summed E-state index contributed by atoms with van der Waals surface area (Å²) in [6.07, 6.45) is 4.96. The predicted molar refractivity (Wildman–Crippen MR) is 99.6 cm³/mol.